The highest BCUT2D eigenvalue weighted by molar-refractivity contribution is 7.13. The summed E-state index contributed by atoms with van der Waals surface area (Å²) in [6.07, 6.45) is 5.64. The van der Waals surface area contributed by atoms with Crippen LogP contribution >= 0.6 is 11.3 Å². The van der Waals surface area contributed by atoms with Crippen molar-refractivity contribution in [1.82, 2.24) is 4.90 Å². The number of unbranched alkanes of at least 4 members (excludes halogenated alkanes) is 2. The smallest absolute Gasteiger partial charge is 0.345 e. The van der Waals surface area contributed by atoms with Crippen LogP contribution in [0.3, 0.4) is 0 Å². The van der Waals surface area contributed by atoms with Crippen molar-refractivity contribution in [2.75, 3.05) is 13.2 Å². The Bertz CT molecular complexity index is 588. The van der Waals surface area contributed by atoms with Crippen LogP contribution in [0.15, 0.2) is 12.1 Å². The number of thiophene rings is 1. The van der Waals surface area contributed by atoms with Crippen LogP contribution in [0.5, 0.6) is 0 Å². The number of amides is 1. The van der Waals surface area contributed by atoms with E-state index in [9.17, 15) is 14.7 Å². The van der Waals surface area contributed by atoms with Crippen LogP contribution < -0.4 is 0 Å². The molecule has 0 aliphatic carbocycles. The Hall–Kier alpha value is -1.44. The van der Waals surface area contributed by atoms with Crippen molar-refractivity contribution < 1.29 is 24.5 Å². The summed E-state index contributed by atoms with van der Waals surface area (Å²) in [6, 6.07) is 3.39. The summed E-state index contributed by atoms with van der Waals surface area (Å²) in [5.74, 6) is -0.796. The van der Waals surface area contributed by atoms with Crippen molar-refractivity contribution >= 4 is 23.2 Å². The molecule has 0 saturated carbocycles. The minimum Gasteiger partial charge on any atom is -0.477 e. The molecule has 26 heavy (non-hydrogen) atoms. The molecule has 146 valence electrons. The molecule has 1 unspecified atom stereocenters. The topological polar surface area (TPSA) is 87.1 Å². The second-order valence-electron chi connectivity index (χ2n) is 6.80. The Labute approximate surface area is 158 Å². The Morgan fingerprint density at radius 1 is 1.38 bits per heavy atom. The third-order valence-electron chi connectivity index (χ3n) is 4.72. The van der Waals surface area contributed by atoms with E-state index in [0.29, 0.717) is 37.5 Å². The first-order chi connectivity index (χ1) is 12.5. The fourth-order valence-corrected chi connectivity index (χ4v) is 3.99. The molecule has 2 N–H and O–H groups in total. The fraction of sp³-hybridized carbons (Fsp3) is 0.684. The van der Waals surface area contributed by atoms with Gasteiger partial charge in [-0.25, -0.2) is 4.79 Å². The highest BCUT2D eigenvalue weighted by atomic mass is 32.1. The number of aliphatic hydroxyl groups excluding tert-OH is 1. The third-order valence-corrected chi connectivity index (χ3v) is 5.77. The molecule has 1 fully saturated rings. The van der Waals surface area contributed by atoms with E-state index in [0.717, 1.165) is 37.0 Å². The van der Waals surface area contributed by atoms with Gasteiger partial charge in [0, 0.05) is 17.8 Å². The van der Waals surface area contributed by atoms with Gasteiger partial charge in [-0.15, -0.1) is 11.3 Å². The molecule has 1 aliphatic heterocycles. The van der Waals surface area contributed by atoms with Crippen LogP contribution in [0, 0.1) is 0 Å². The molecule has 0 aromatic carbocycles. The number of ether oxygens (including phenoxy) is 1. The molecule has 1 saturated heterocycles. The summed E-state index contributed by atoms with van der Waals surface area (Å²) in [7, 11) is 0. The number of hydrogen-bond acceptors (Lipinski definition) is 5. The van der Waals surface area contributed by atoms with Gasteiger partial charge in [0.1, 0.15) is 4.88 Å². The Morgan fingerprint density at radius 2 is 2.19 bits per heavy atom. The van der Waals surface area contributed by atoms with E-state index in [1.807, 2.05) is 4.90 Å². The number of hydrogen-bond donors (Lipinski definition) is 2. The molecule has 6 nitrogen and oxygen atoms in total. The fourth-order valence-electron chi connectivity index (χ4n) is 3.20. The highest BCUT2D eigenvalue weighted by Crippen LogP contribution is 2.22. The van der Waals surface area contributed by atoms with Gasteiger partial charge >= 0.3 is 5.97 Å². The minimum atomic E-state index is -0.925. The highest BCUT2D eigenvalue weighted by Gasteiger charge is 2.31. The van der Waals surface area contributed by atoms with Gasteiger partial charge in [-0.05, 0) is 31.4 Å². The number of carboxylic acids is 1. The molecular weight excluding hydrogens is 354 g/mol. The van der Waals surface area contributed by atoms with Gasteiger partial charge in [0.25, 0.3) is 0 Å². The van der Waals surface area contributed by atoms with Crippen LogP contribution in [0.25, 0.3) is 0 Å². The van der Waals surface area contributed by atoms with Gasteiger partial charge in [0.2, 0.25) is 5.91 Å². The SMILES string of the molecule is CCCCC[C@H](O)CCN1C(=O)CCC1COCc1ccc(C(=O)O)s1. The summed E-state index contributed by atoms with van der Waals surface area (Å²) < 4.78 is 5.72. The summed E-state index contributed by atoms with van der Waals surface area (Å²) >= 11 is 1.21. The molecule has 1 aromatic heterocycles. The lowest BCUT2D eigenvalue weighted by Crippen LogP contribution is -2.38. The van der Waals surface area contributed by atoms with E-state index in [1.165, 1.54) is 11.3 Å². The van der Waals surface area contributed by atoms with E-state index in [4.69, 9.17) is 9.84 Å². The second kappa shape index (κ2) is 10.6. The maximum absolute atomic E-state index is 12.1. The van der Waals surface area contributed by atoms with Gasteiger partial charge in [-0.3, -0.25) is 4.79 Å². The summed E-state index contributed by atoms with van der Waals surface area (Å²) in [4.78, 5) is 26.0. The van der Waals surface area contributed by atoms with Gasteiger partial charge in [-0.2, -0.15) is 0 Å². The van der Waals surface area contributed by atoms with Crippen molar-refractivity contribution in [3.05, 3.63) is 21.9 Å². The van der Waals surface area contributed by atoms with Crippen molar-refractivity contribution in [2.24, 2.45) is 0 Å². The maximum atomic E-state index is 12.1. The molecule has 7 heteroatoms. The van der Waals surface area contributed by atoms with Crippen molar-refractivity contribution in [3.8, 4) is 0 Å². The molecule has 0 bridgehead atoms. The average molecular weight is 384 g/mol. The molecule has 1 amide bonds. The van der Waals surface area contributed by atoms with Crippen molar-refractivity contribution in [1.29, 1.82) is 0 Å². The van der Waals surface area contributed by atoms with Crippen LogP contribution in [-0.2, 0) is 16.1 Å². The minimum absolute atomic E-state index is 0.0456. The van der Waals surface area contributed by atoms with E-state index >= 15 is 0 Å². The monoisotopic (exact) mass is 383 g/mol. The molecular formula is C19H29NO5S. The van der Waals surface area contributed by atoms with E-state index in [2.05, 4.69) is 6.92 Å². The number of carbonyl (C=O) groups excluding carboxylic acids is 1. The quantitative estimate of drug-likeness (QED) is 0.541. The number of rotatable bonds is 12. The molecule has 1 aliphatic rings. The number of nitrogens with zero attached hydrogens (tertiary/aromatic N) is 1. The largest absolute Gasteiger partial charge is 0.477 e. The van der Waals surface area contributed by atoms with Gasteiger partial charge in [0.15, 0.2) is 0 Å². The van der Waals surface area contributed by atoms with Crippen LogP contribution in [0.1, 0.15) is 66.4 Å². The lowest BCUT2D eigenvalue weighted by Gasteiger charge is -2.25. The molecule has 0 radical (unpaired) electrons. The zero-order valence-electron chi connectivity index (χ0n) is 15.4. The van der Waals surface area contributed by atoms with E-state index in [-0.39, 0.29) is 18.1 Å². The van der Waals surface area contributed by atoms with Crippen LogP contribution in [0.4, 0.5) is 0 Å². The third kappa shape index (κ3) is 6.37. The number of likely N-dealkylation sites (tertiary alicyclic amines) is 1. The molecule has 2 rings (SSSR count). The van der Waals surface area contributed by atoms with Gasteiger partial charge < -0.3 is 19.8 Å². The lowest BCUT2D eigenvalue weighted by atomic mass is 10.1. The van der Waals surface area contributed by atoms with E-state index < -0.39 is 5.97 Å². The van der Waals surface area contributed by atoms with Crippen LogP contribution in [-0.4, -0.2) is 52.3 Å². The van der Waals surface area contributed by atoms with Gasteiger partial charge in [-0.1, -0.05) is 26.2 Å². The van der Waals surface area contributed by atoms with Crippen LogP contribution in [0.2, 0.25) is 0 Å². The molecule has 2 heterocycles. The standard InChI is InChI=1S/C19H29NO5S/c1-2-3-4-5-15(21)10-11-20-14(6-9-18(20)22)12-25-13-16-7-8-17(26-16)19(23)24/h7-8,14-15,21H,2-6,9-13H2,1H3,(H,23,24)/t14?,15-/m0/s1. The first-order valence-electron chi connectivity index (χ1n) is 9.38. The normalized spacial score (nSPS) is 18.5. The maximum Gasteiger partial charge on any atom is 0.345 e. The Kier molecular flexibility index (Phi) is 8.54. The first kappa shape index (κ1) is 20.9. The Balaban J connectivity index is 1.73. The Morgan fingerprint density at radius 3 is 2.88 bits per heavy atom. The zero-order chi connectivity index (χ0) is 18.9. The summed E-state index contributed by atoms with van der Waals surface area (Å²) in [5.41, 5.74) is 0. The second-order valence-corrected chi connectivity index (χ2v) is 7.97. The number of carbonyl (C=O) groups is 2. The first-order valence-corrected chi connectivity index (χ1v) is 10.2. The zero-order valence-corrected chi connectivity index (χ0v) is 16.2. The lowest BCUT2D eigenvalue weighted by molar-refractivity contribution is -0.130. The summed E-state index contributed by atoms with van der Waals surface area (Å²) in [5, 5.41) is 19.0. The average Bonchev–Trinajstić information content (AvgIpc) is 3.21. The number of carboxylic acid groups (broad SMARTS) is 1. The number of aromatic carboxylic acids is 1. The molecule has 0 spiro atoms. The number of aliphatic hydroxyl groups is 1. The van der Waals surface area contributed by atoms with Crippen molar-refractivity contribution in [2.45, 2.75) is 70.6 Å². The van der Waals surface area contributed by atoms with Gasteiger partial charge in [0.05, 0.1) is 25.4 Å². The molecule has 2 atom stereocenters. The van der Waals surface area contributed by atoms with Crippen molar-refractivity contribution in [3.63, 3.8) is 0 Å². The predicted octanol–water partition coefficient (Wildman–Crippen LogP) is 3.29. The molecule has 1 aromatic rings. The van der Waals surface area contributed by atoms with E-state index in [1.54, 1.807) is 12.1 Å². The predicted molar refractivity (Wildman–Crippen MR) is 100 cm³/mol. The summed E-state index contributed by atoms with van der Waals surface area (Å²) in [6.45, 7) is 3.51.